The quantitative estimate of drug-likeness (QED) is 0.324. The summed E-state index contributed by atoms with van der Waals surface area (Å²) in [5.74, 6) is 5.18. The zero-order valence-corrected chi connectivity index (χ0v) is 22.4. The molecule has 4 aliphatic rings. The van der Waals surface area contributed by atoms with Crippen LogP contribution in [0.1, 0.15) is 76.1 Å². The lowest BCUT2D eigenvalue weighted by Crippen LogP contribution is -2.53. The fourth-order valence-corrected chi connectivity index (χ4v) is 7.79. The SMILES string of the molecule is CC(C)c1ccc(OCCCn2c(CCNC(=O)C34CC5CC(CC(C5)C3)C4)nc3ccccc32)cc1. The normalized spacial score (nSPS) is 26.2. The van der Waals surface area contributed by atoms with Crippen LogP contribution in [0.3, 0.4) is 0 Å². The average molecular weight is 500 g/mol. The van der Waals surface area contributed by atoms with Crippen LogP contribution >= 0.6 is 0 Å². The van der Waals surface area contributed by atoms with E-state index in [0.717, 1.165) is 79.0 Å². The van der Waals surface area contributed by atoms with Crippen LogP contribution < -0.4 is 10.1 Å². The van der Waals surface area contributed by atoms with Crippen molar-refractivity contribution in [3.63, 3.8) is 0 Å². The molecule has 1 amide bonds. The van der Waals surface area contributed by atoms with Gasteiger partial charge in [0.15, 0.2) is 0 Å². The second-order valence-corrected chi connectivity index (χ2v) is 12.3. The van der Waals surface area contributed by atoms with Crippen molar-refractivity contribution in [2.24, 2.45) is 23.2 Å². The maximum Gasteiger partial charge on any atom is 0.226 e. The van der Waals surface area contributed by atoms with E-state index in [2.05, 4.69) is 66.2 Å². The second-order valence-electron chi connectivity index (χ2n) is 12.3. The largest absolute Gasteiger partial charge is 0.494 e. The number of para-hydroxylation sites is 2. The molecule has 4 fully saturated rings. The van der Waals surface area contributed by atoms with E-state index in [9.17, 15) is 4.79 Å². The van der Waals surface area contributed by atoms with Crippen LogP contribution in [0.25, 0.3) is 11.0 Å². The third-order valence-electron chi connectivity index (χ3n) is 9.23. The number of benzene rings is 2. The van der Waals surface area contributed by atoms with E-state index >= 15 is 0 Å². The maximum absolute atomic E-state index is 13.4. The summed E-state index contributed by atoms with van der Waals surface area (Å²) in [5, 5.41) is 3.34. The Kier molecular flexibility index (Phi) is 6.73. The standard InChI is InChI=1S/C32H41N3O2/c1-22(2)26-8-10-27(11-9-26)37-15-5-14-35-29-7-4-3-6-28(29)34-30(35)12-13-33-31(36)32-19-23-16-24(20-32)18-25(17-23)21-32/h3-4,6-11,22-25H,5,12-21H2,1-2H3,(H,33,36). The van der Waals surface area contributed by atoms with Crippen LogP contribution in [-0.2, 0) is 17.8 Å². The van der Waals surface area contributed by atoms with Gasteiger partial charge in [0.1, 0.15) is 11.6 Å². The Bertz CT molecular complexity index is 1210. The Hall–Kier alpha value is -2.82. The monoisotopic (exact) mass is 499 g/mol. The minimum absolute atomic E-state index is 0.0837. The summed E-state index contributed by atoms with van der Waals surface area (Å²) in [6.45, 7) is 6.58. The predicted octanol–water partition coefficient (Wildman–Crippen LogP) is 6.50. The lowest BCUT2D eigenvalue weighted by atomic mass is 9.49. The Morgan fingerprint density at radius 3 is 2.38 bits per heavy atom. The number of aryl methyl sites for hydroxylation is 1. The van der Waals surface area contributed by atoms with Gasteiger partial charge >= 0.3 is 0 Å². The smallest absolute Gasteiger partial charge is 0.226 e. The Morgan fingerprint density at radius 1 is 1.03 bits per heavy atom. The van der Waals surface area contributed by atoms with Crippen molar-refractivity contribution in [1.82, 2.24) is 14.9 Å². The summed E-state index contributed by atoms with van der Waals surface area (Å²) in [6, 6.07) is 16.8. The minimum atomic E-state index is -0.0837. The topological polar surface area (TPSA) is 56.1 Å². The molecular formula is C32H41N3O2. The molecule has 0 aliphatic heterocycles. The summed E-state index contributed by atoms with van der Waals surface area (Å²) in [5.41, 5.74) is 3.43. The molecule has 1 heterocycles. The van der Waals surface area contributed by atoms with Crippen LogP contribution in [0.5, 0.6) is 5.75 Å². The Morgan fingerprint density at radius 2 is 1.70 bits per heavy atom. The molecule has 0 atom stereocenters. The summed E-state index contributed by atoms with van der Waals surface area (Å²) in [4.78, 5) is 18.3. The Labute approximate surface area is 221 Å². The van der Waals surface area contributed by atoms with Crippen molar-refractivity contribution in [2.75, 3.05) is 13.2 Å². The number of carbonyl (C=O) groups excluding carboxylic acids is 1. The van der Waals surface area contributed by atoms with E-state index in [1.807, 2.05) is 6.07 Å². The predicted molar refractivity (Wildman–Crippen MR) is 148 cm³/mol. The minimum Gasteiger partial charge on any atom is -0.494 e. The first kappa shape index (κ1) is 24.5. The van der Waals surface area contributed by atoms with Crippen LogP contribution in [0, 0.1) is 23.2 Å². The molecule has 0 saturated heterocycles. The number of aromatic nitrogens is 2. The number of hydrogen-bond donors (Lipinski definition) is 1. The van der Waals surface area contributed by atoms with Gasteiger partial charge in [0, 0.05) is 24.9 Å². The molecule has 4 bridgehead atoms. The van der Waals surface area contributed by atoms with Crippen LogP contribution in [0.2, 0.25) is 0 Å². The molecule has 0 unspecified atom stereocenters. The molecule has 3 aromatic rings. The number of nitrogens with zero attached hydrogens (tertiary/aromatic N) is 2. The lowest BCUT2D eigenvalue weighted by Gasteiger charge is -2.55. The number of hydrogen-bond acceptors (Lipinski definition) is 3. The second kappa shape index (κ2) is 10.2. The molecule has 5 nitrogen and oxygen atoms in total. The van der Waals surface area contributed by atoms with Gasteiger partial charge in [-0.1, -0.05) is 38.1 Å². The molecule has 1 aromatic heterocycles. The number of rotatable bonds is 10. The highest BCUT2D eigenvalue weighted by Gasteiger charge is 2.54. The van der Waals surface area contributed by atoms with Crippen LogP contribution in [0.15, 0.2) is 48.5 Å². The van der Waals surface area contributed by atoms with Gasteiger partial charge in [-0.3, -0.25) is 4.79 Å². The van der Waals surface area contributed by atoms with Gasteiger partial charge in [-0.05, 0) is 98.4 Å². The van der Waals surface area contributed by atoms with Crippen molar-refractivity contribution in [2.45, 2.75) is 77.7 Å². The molecule has 4 aliphatic carbocycles. The highest BCUT2D eigenvalue weighted by atomic mass is 16.5. The van der Waals surface area contributed by atoms with Gasteiger partial charge in [-0.25, -0.2) is 4.98 Å². The fourth-order valence-electron chi connectivity index (χ4n) is 7.79. The summed E-state index contributed by atoms with van der Waals surface area (Å²) < 4.78 is 8.35. The molecule has 5 heteroatoms. The molecule has 37 heavy (non-hydrogen) atoms. The number of ether oxygens (including phenoxy) is 1. The third-order valence-corrected chi connectivity index (χ3v) is 9.23. The average Bonchev–Trinajstić information content (AvgIpc) is 3.23. The fraction of sp³-hybridized carbons (Fsp3) is 0.562. The van der Waals surface area contributed by atoms with Gasteiger partial charge in [0.05, 0.1) is 17.6 Å². The van der Waals surface area contributed by atoms with Crippen molar-refractivity contribution in [1.29, 1.82) is 0 Å². The first-order chi connectivity index (χ1) is 18.0. The third kappa shape index (κ3) is 5.02. The van der Waals surface area contributed by atoms with Crippen LogP contribution in [0.4, 0.5) is 0 Å². The summed E-state index contributed by atoms with van der Waals surface area (Å²) >= 11 is 0. The lowest BCUT2D eigenvalue weighted by molar-refractivity contribution is -0.146. The highest BCUT2D eigenvalue weighted by Crippen LogP contribution is 2.60. The van der Waals surface area contributed by atoms with E-state index in [1.165, 1.54) is 24.8 Å². The first-order valence-corrected chi connectivity index (χ1v) is 14.4. The molecule has 7 rings (SSSR count). The molecule has 0 radical (unpaired) electrons. The molecule has 4 saturated carbocycles. The molecule has 196 valence electrons. The van der Waals surface area contributed by atoms with Gasteiger partial charge in [0.2, 0.25) is 5.91 Å². The zero-order chi connectivity index (χ0) is 25.4. The van der Waals surface area contributed by atoms with E-state index in [4.69, 9.17) is 9.72 Å². The van der Waals surface area contributed by atoms with Gasteiger partial charge in [-0.2, -0.15) is 0 Å². The number of carbonyl (C=O) groups is 1. The number of imidazole rings is 1. The van der Waals surface area contributed by atoms with Gasteiger partial charge < -0.3 is 14.6 Å². The zero-order valence-electron chi connectivity index (χ0n) is 22.4. The van der Waals surface area contributed by atoms with E-state index in [1.54, 1.807) is 0 Å². The number of fused-ring (bicyclic) bond motifs is 1. The van der Waals surface area contributed by atoms with Gasteiger partial charge in [0.25, 0.3) is 0 Å². The molecule has 0 spiro atoms. The molecular weight excluding hydrogens is 458 g/mol. The highest BCUT2D eigenvalue weighted by molar-refractivity contribution is 5.83. The van der Waals surface area contributed by atoms with Crippen LogP contribution in [-0.4, -0.2) is 28.6 Å². The maximum atomic E-state index is 13.4. The van der Waals surface area contributed by atoms with Crippen molar-refractivity contribution >= 4 is 16.9 Å². The Balaban J connectivity index is 1.06. The van der Waals surface area contributed by atoms with Crippen molar-refractivity contribution < 1.29 is 9.53 Å². The van der Waals surface area contributed by atoms with E-state index in [0.29, 0.717) is 25.0 Å². The number of amides is 1. The van der Waals surface area contributed by atoms with Crippen molar-refractivity contribution in [3.05, 3.63) is 59.9 Å². The molecule has 1 N–H and O–H groups in total. The van der Waals surface area contributed by atoms with Gasteiger partial charge in [-0.15, -0.1) is 0 Å². The van der Waals surface area contributed by atoms with E-state index in [-0.39, 0.29) is 5.41 Å². The molecule has 2 aromatic carbocycles. The van der Waals surface area contributed by atoms with E-state index < -0.39 is 0 Å². The summed E-state index contributed by atoms with van der Waals surface area (Å²) in [7, 11) is 0. The first-order valence-electron chi connectivity index (χ1n) is 14.4. The summed E-state index contributed by atoms with van der Waals surface area (Å²) in [6.07, 6.45) is 9.09. The van der Waals surface area contributed by atoms with Crippen molar-refractivity contribution in [3.8, 4) is 5.75 Å². The number of nitrogens with one attached hydrogen (secondary N) is 1.